The van der Waals surface area contributed by atoms with Crippen molar-refractivity contribution in [1.82, 2.24) is 4.90 Å². The van der Waals surface area contributed by atoms with Gasteiger partial charge in [-0.1, -0.05) is 0 Å². The Kier molecular flexibility index (Phi) is 3.51. The Morgan fingerprint density at radius 2 is 1.85 bits per heavy atom. The third-order valence-electron chi connectivity index (χ3n) is 3.37. The summed E-state index contributed by atoms with van der Waals surface area (Å²) in [5.74, 6) is 2.72. The van der Waals surface area contributed by atoms with E-state index in [9.17, 15) is 0 Å². The van der Waals surface area contributed by atoms with Gasteiger partial charge in [0.2, 0.25) is 0 Å². The lowest BCUT2D eigenvalue weighted by atomic mass is 10.0. The summed E-state index contributed by atoms with van der Waals surface area (Å²) < 4.78 is 0. The molecule has 0 aromatic heterocycles. The van der Waals surface area contributed by atoms with Crippen LogP contribution in [0.4, 0.5) is 0 Å². The van der Waals surface area contributed by atoms with Crippen LogP contribution in [0.25, 0.3) is 0 Å². The maximum absolute atomic E-state index is 5.90. The quantitative estimate of drug-likeness (QED) is 0.635. The largest absolute Gasteiger partial charge is 0.303 e. The summed E-state index contributed by atoms with van der Waals surface area (Å²) in [5, 5.41) is 0. The number of hydrogen-bond donors (Lipinski definition) is 0. The van der Waals surface area contributed by atoms with Gasteiger partial charge in [0.25, 0.3) is 0 Å². The van der Waals surface area contributed by atoms with E-state index in [2.05, 4.69) is 4.90 Å². The minimum Gasteiger partial charge on any atom is -0.303 e. The zero-order valence-electron chi connectivity index (χ0n) is 8.34. The maximum Gasteiger partial charge on any atom is 0.0252 e. The van der Waals surface area contributed by atoms with Crippen molar-refractivity contribution in [2.45, 2.75) is 32.1 Å². The first-order chi connectivity index (χ1) is 6.38. The summed E-state index contributed by atoms with van der Waals surface area (Å²) >= 11 is 5.90. The fourth-order valence-electron chi connectivity index (χ4n) is 2.23. The molecule has 2 aliphatic rings. The number of hydrogen-bond acceptors (Lipinski definition) is 1. The van der Waals surface area contributed by atoms with Crippen molar-refractivity contribution < 1.29 is 0 Å². The molecule has 1 aliphatic heterocycles. The molecule has 2 fully saturated rings. The number of likely N-dealkylation sites (tertiary alicyclic amines) is 1. The van der Waals surface area contributed by atoms with Crippen LogP contribution in [0, 0.1) is 11.8 Å². The van der Waals surface area contributed by atoms with Crippen molar-refractivity contribution in [2.24, 2.45) is 11.8 Å². The van der Waals surface area contributed by atoms with Crippen LogP contribution in [0.3, 0.4) is 0 Å². The third kappa shape index (κ3) is 3.14. The molecule has 1 saturated heterocycles. The molecule has 2 heteroatoms. The predicted octanol–water partition coefficient (Wildman–Crippen LogP) is 2.74. The number of alkyl halides is 1. The summed E-state index contributed by atoms with van der Waals surface area (Å²) in [5.41, 5.74) is 0. The Morgan fingerprint density at radius 1 is 1.00 bits per heavy atom. The summed E-state index contributed by atoms with van der Waals surface area (Å²) in [7, 11) is 0. The summed E-state index contributed by atoms with van der Waals surface area (Å²) in [4.78, 5) is 2.66. The second-order valence-electron chi connectivity index (χ2n) is 4.70. The molecular weight excluding hydrogens is 182 g/mol. The summed E-state index contributed by atoms with van der Waals surface area (Å²) in [6.45, 7) is 3.99. The average Bonchev–Trinajstić information content (AvgIpc) is 2.93. The Hall–Kier alpha value is 0.250. The minimum atomic E-state index is 0.797. The van der Waals surface area contributed by atoms with Gasteiger partial charge in [-0.25, -0.2) is 0 Å². The molecule has 1 atom stereocenters. The van der Waals surface area contributed by atoms with Crippen molar-refractivity contribution in [2.75, 3.05) is 25.5 Å². The fourth-order valence-corrected chi connectivity index (χ4v) is 2.54. The highest BCUT2D eigenvalue weighted by molar-refractivity contribution is 6.18. The zero-order chi connectivity index (χ0) is 9.10. The molecule has 0 aromatic rings. The summed E-state index contributed by atoms with van der Waals surface area (Å²) in [6.07, 6.45) is 7.01. The van der Waals surface area contributed by atoms with Crippen LogP contribution in [0.15, 0.2) is 0 Å². The maximum atomic E-state index is 5.90. The number of rotatable bonds is 3. The molecule has 0 amide bonds. The normalized spacial score (nSPS) is 31.6. The monoisotopic (exact) mass is 201 g/mol. The van der Waals surface area contributed by atoms with Crippen LogP contribution in [-0.4, -0.2) is 30.4 Å². The molecule has 0 radical (unpaired) electrons. The van der Waals surface area contributed by atoms with Gasteiger partial charge >= 0.3 is 0 Å². The Bertz CT molecular complexity index is 156. The molecule has 1 heterocycles. The standard InChI is InChI=1S/C11H20ClN/c12-8-10-2-1-6-13(7-5-10)9-11-3-4-11/h10-11H,1-9H2. The van der Waals surface area contributed by atoms with E-state index in [4.69, 9.17) is 11.6 Å². The van der Waals surface area contributed by atoms with Gasteiger partial charge in [0.05, 0.1) is 0 Å². The second-order valence-corrected chi connectivity index (χ2v) is 5.00. The van der Waals surface area contributed by atoms with E-state index < -0.39 is 0 Å². The molecule has 1 aliphatic carbocycles. The molecule has 1 unspecified atom stereocenters. The van der Waals surface area contributed by atoms with Gasteiger partial charge in [-0.3, -0.25) is 0 Å². The van der Waals surface area contributed by atoms with Gasteiger partial charge in [0.1, 0.15) is 0 Å². The highest BCUT2D eigenvalue weighted by atomic mass is 35.5. The Balaban J connectivity index is 1.72. The van der Waals surface area contributed by atoms with Crippen molar-refractivity contribution >= 4 is 11.6 Å². The molecule has 0 bridgehead atoms. The lowest BCUT2D eigenvalue weighted by molar-refractivity contribution is 0.271. The Labute approximate surface area is 86.4 Å². The highest BCUT2D eigenvalue weighted by Crippen LogP contribution is 2.30. The third-order valence-corrected chi connectivity index (χ3v) is 3.81. The highest BCUT2D eigenvalue weighted by Gasteiger charge is 2.25. The van der Waals surface area contributed by atoms with Crippen molar-refractivity contribution in [3.8, 4) is 0 Å². The van der Waals surface area contributed by atoms with E-state index >= 15 is 0 Å². The van der Waals surface area contributed by atoms with Crippen LogP contribution in [0.2, 0.25) is 0 Å². The molecule has 2 rings (SSSR count). The van der Waals surface area contributed by atoms with E-state index in [0.29, 0.717) is 0 Å². The molecule has 13 heavy (non-hydrogen) atoms. The van der Waals surface area contributed by atoms with Crippen LogP contribution in [-0.2, 0) is 0 Å². The van der Waals surface area contributed by atoms with Gasteiger partial charge in [-0.15, -0.1) is 11.6 Å². The van der Waals surface area contributed by atoms with Gasteiger partial charge in [0, 0.05) is 12.4 Å². The van der Waals surface area contributed by atoms with E-state index in [1.54, 1.807) is 0 Å². The topological polar surface area (TPSA) is 3.24 Å². The van der Waals surface area contributed by atoms with Gasteiger partial charge in [-0.2, -0.15) is 0 Å². The van der Waals surface area contributed by atoms with Gasteiger partial charge in [0.15, 0.2) is 0 Å². The van der Waals surface area contributed by atoms with E-state index in [1.807, 2.05) is 0 Å². The molecule has 0 spiro atoms. The van der Waals surface area contributed by atoms with Crippen LogP contribution in [0.5, 0.6) is 0 Å². The summed E-state index contributed by atoms with van der Waals surface area (Å²) in [6, 6.07) is 0. The smallest absolute Gasteiger partial charge is 0.0252 e. The van der Waals surface area contributed by atoms with Crippen LogP contribution in [0.1, 0.15) is 32.1 Å². The first kappa shape index (κ1) is 9.79. The zero-order valence-corrected chi connectivity index (χ0v) is 9.10. The molecular formula is C11H20ClN. The first-order valence-electron chi connectivity index (χ1n) is 5.67. The molecule has 76 valence electrons. The molecule has 0 aromatic carbocycles. The van der Waals surface area contributed by atoms with Crippen LogP contribution >= 0.6 is 11.6 Å². The van der Waals surface area contributed by atoms with Crippen LogP contribution < -0.4 is 0 Å². The predicted molar refractivity (Wildman–Crippen MR) is 57.2 cm³/mol. The van der Waals surface area contributed by atoms with Gasteiger partial charge < -0.3 is 4.90 Å². The van der Waals surface area contributed by atoms with Crippen molar-refractivity contribution in [3.05, 3.63) is 0 Å². The van der Waals surface area contributed by atoms with Gasteiger partial charge in [-0.05, 0) is 57.0 Å². The lowest BCUT2D eigenvalue weighted by Crippen LogP contribution is -2.27. The second kappa shape index (κ2) is 4.65. The first-order valence-corrected chi connectivity index (χ1v) is 6.20. The molecule has 1 saturated carbocycles. The molecule has 0 N–H and O–H groups in total. The fraction of sp³-hybridized carbons (Fsp3) is 1.00. The van der Waals surface area contributed by atoms with E-state index in [-0.39, 0.29) is 0 Å². The lowest BCUT2D eigenvalue weighted by Gasteiger charge is -2.19. The minimum absolute atomic E-state index is 0.797. The Morgan fingerprint density at radius 3 is 2.54 bits per heavy atom. The average molecular weight is 202 g/mol. The van der Waals surface area contributed by atoms with Crippen molar-refractivity contribution in [1.29, 1.82) is 0 Å². The molecule has 1 nitrogen and oxygen atoms in total. The van der Waals surface area contributed by atoms with E-state index in [1.165, 1.54) is 51.7 Å². The van der Waals surface area contributed by atoms with E-state index in [0.717, 1.165) is 17.7 Å². The number of nitrogens with zero attached hydrogens (tertiary/aromatic N) is 1. The number of halogens is 1. The SMILES string of the molecule is ClCC1CCCN(CC2CC2)CC1. The van der Waals surface area contributed by atoms with Crippen molar-refractivity contribution in [3.63, 3.8) is 0 Å².